The number of amides is 1. The second-order valence-corrected chi connectivity index (χ2v) is 3.62. The van der Waals surface area contributed by atoms with E-state index in [9.17, 15) is 22.8 Å². The van der Waals surface area contributed by atoms with Crippen molar-refractivity contribution < 1.29 is 27.5 Å². The summed E-state index contributed by atoms with van der Waals surface area (Å²) in [5.41, 5.74) is 0.331. The van der Waals surface area contributed by atoms with Gasteiger partial charge in [-0.2, -0.15) is 8.78 Å². The van der Waals surface area contributed by atoms with Crippen LogP contribution in [0.25, 0.3) is 0 Å². The van der Waals surface area contributed by atoms with Gasteiger partial charge in [-0.05, 0) is 18.1 Å². The minimum atomic E-state index is -3.23. The molecular weight excluding hydrogens is 251 g/mol. The SMILES string of the molecule is COC(=O)[C@H](NC(=O)C(F)F)C1=CC=C(F)CC1. The van der Waals surface area contributed by atoms with Crippen LogP contribution in [0.5, 0.6) is 0 Å². The van der Waals surface area contributed by atoms with Gasteiger partial charge in [0.1, 0.15) is 11.9 Å². The number of ether oxygens (including phenoxy) is 1. The highest BCUT2D eigenvalue weighted by molar-refractivity contribution is 5.88. The molecule has 1 aliphatic carbocycles. The van der Waals surface area contributed by atoms with E-state index in [0.717, 1.165) is 13.2 Å². The highest BCUT2D eigenvalue weighted by atomic mass is 19.3. The van der Waals surface area contributed by atoms with Crippen LogP contribution in [0, 0.1) is 0 Å². The Morgan fingerprint density at radius 1 is 1.33 bits per heavy atom. The summed E-state index contributed by atoms with van der Waals surface area (Å²) in [6.07, 6.45) is -0.598. The molecule has 0 spiro atoms. The van der Waals surface area contributed by atoms with Gasteiger partial charge in [0.25, 0.3) is 5.91 Å². The zero-order chi connectivity index (χ0) is 13.7. The van der Waals surface area contributed by atoms with Crippen molar-refractivity contribution in [3.05, 3.63) is 23.6 Å². The van der Waals surface area contributed by atoms with E-state index >= 15 is 0 Å². The van der Waals surface area contributed by atoms with E-state index in [1.54, 1.807) is 0 Å². The lowest BCUT2D eigenvalue weighted by Crippen LogP contribution is -2.45. The molecule has 4 nitrogen and oxygen atoms in total. The highest BCUT2D eigenvalue weighted by Gasteiger charge is 2.29. The highest BCUT2D eigenvalue weighted by Crippen LogP contribution is 2.22. The number of methoxy groups -OCH3 is 1. The number of esters is 1. The van der Waals surface area contributed by atoms with E-state index in [1.165, 1.54) is 6.08 Å². The van der Waals surface area contributed by atoms with Crippen molar-refractivity contribution in [2.45, 2.75) is 25.3 Å². The topological polar surface area (TPSA) is 55.4 Å². The molecule has 100 valence electrons. The number of carbonyl (C=O) groups excluding carboxylic acids is 2. The zero-order valence-corrected chi connectivity index (χ0v) is 9.58. The number of hydrogen-bond donors (Lipinski definition) is 1. The van der Waals surface area contributed by atoms with Crippen LogP contribution in [0.4, 0.5) is 13.2 Å². The van der Waals surface area contributed by atoms with Crippen molar-refractivity contribution in [3.63, 3.8) is 0 Å². The second kappa shape index (κ2) is 6.23. The molecule has 0 bridgehead atoms. The number of alkyl halides is 2. The first-order valence-electron chi connectivity index (χ1n) is 5.17. The third-order valence-corrected chi connectivity index (χ3v) is 2.42. The fraction of sp³-hybridized carbons (Fsp3) is 0.455. The van der Waals surface area contributed by atoms with Crippen LogP contribution in [-0.2, 0) is 14.3 Å². The Kier molecular flexibility index (Phi) is 4.94. The molecule has 7 heteroatoms. The lowest BCUT2D eigenvalue weighted by Gasteiger charge is -2.20. The van der Waals surface area contributed by atoms with Gasteiger partial charge in [0.15, 0.2) is 0 Å². The fourth-order valence-electron chi connectivity index (χ4n) is 1.49. The summed E-state index contributed by atoms with van der Waals surface area (Å²) in [5, 5.41) is 1.87. The van der Waals surface area contributed by atoms with Crippen LogP contribution < -0.4 is 5.32 Å². The number of halogens is 3. The van der Waals surface area contributed by atoms with Crippen molar-refractivity contribution in [3.8, 4) is 0 Å². The summed E-state index contributed by atoms with van der Waals surface area (Å²) in [5.74, 6) is -2.81. The molecule has 1 aliphatic rings. The summed E-state index contributed by atoms with van der Waals surface area (Å²) in [6, 6.07) is -1.30. The van der Waals surface area contributed by atoms with E-state index in [2.05, 4.69) is 4.74 Å². The van der Waals surface area contributed by atoms with Gasteiger partial charge in [-0.15, -0.1) is 0 Å². The predicted molar refractivity (Wildman–Crippen MR) is 56.5 cm³/mol. The molecule has 0 aromatic carbocycles. The van der Waals surface area contributed by atoms with Crippen LogP contribution in [0.1, 0.15) is 12.8 Å². The quantitative estimate of drug-likeness (QED) is 0.782. The molecule has 0 saturated heterocycles. The summed E-state index contributed by atoms with van der Waals surface area (Å²) in [6.45, 7) is 0. The van der Waals surface area contributed by atoms with Gasteiger partial charge in [-0.1, -0.05) is 6.08 Å². The molecule has 1 atom stereocenters. The first kappa shape index (κ1) is 14.3. The van der Waals surface area contributed by atoms with Gasteiger partial charge in [0, 0.05) is 6.42 Å². The molecule has 0 heterocycles. The van der Waals surface area contributed by atoms with Gasteiger partial charge < -0.3 is 10.1 Å². The Labute approximate surface area is 101 Å². The number of rotatable bonds is 4. The molecule has 0 saturated carbocycles. The standard InChI is InChI=1S/C11H12F3NO3/c1-18-11(17)8(15-10(16)9(13)14)6-2-4-7(12)5-3-6/h2,4,8-9H,3,5H2,1H3,(H,15,16)/t8-/m1/s1. The maximum absolute atomic E-state index is 12.8. The molecule has 0 aliphatic heterocycles. The third kappa shape index (κ3) is 3.61. The van der Waals surface area contributed by atoms with Gasteiger partial charge in [0.05, 0.1) is 7.11 Å². The minimum Gasteiger partial charge on any atom is -0.467 e. The number of hydrogen-bond acceptors (Lipinski definition) is 3. The average molecular weight is 263 g/mol. The molecule has 1 amide bonds. The smallest absolute Gasteiger partial charge is 0.332 e. The lowest BCUT2D eigenvalue weighted by atomic mass is 9.97. The van der Waals surface area contributed by atoms with Crippen molar-refractivity contribution in [1.29, 1.82) is 0 Å². The van der Waals surface area contributed by atoms with Crippen molar-refractivity contribution in [1.82, 2.24) is 5.32 Å². The molecule has 1 N–H and O–H groups in total. The molecule has 0 unspecified atom stereocenters. The predicted octanol–water partition coefficient (Wildman–Crippen LogP) is 1.48. The molecule has 0 fully saturated rings. The number of allylic oxidation sites excluding steroid dienone is 3. The molecule has 0 radical (unpaired) electrons. The fourth-order valence-corrected chi connectivity index (χ4v) is 1.49. The molecule has 0 aromatic rings. The maximum Gasteiger partial charge on any atom is 0.332 e. The normalized spacial score (nSPS) is 16.7. The molecular formula is C11H12F3NO3. The third-order valence-electron chi connectivity index (χ3n) is 2.42. The monoisotopic (exact) mass is 263 g/mol. The van der Waals surface area contributed by atoms with E-state index in [0.29, 0.717) is 5.57 Å². The Bertz CT molecular complexity index is 404. The first-order chi connectivity index (χ1) is 8.45. The van der Waals surface area contributed by atoms with E-state index in [1.807, 2.05) is 5.32 Å². The second-order valence-electron chi connectivity index (χ2n) is 3.62. The van der Waals surface area contributed by atoms with Gasteiger partial charge in [0.2, 0.25) is 0 Å². The van der Waals surface area contributed by atoms with E-state index < -0.39 is 24.3 Å². The number of carbonyl (C=O) groups is 2. The summed E-state index contributed by atoms with van der Waals surface area (Å²) < 4.78 is 41.5. The van der Waals surface area contributed by atoms with Crippen molar-refractivity contribution in [2.75, 3.05) is 7.11 Å². The van der Waals surface area contributed by atoms with Crippen LogP contribution >= 0.6 is 0 Å². The van der Waals surface area contributed by atoms with E-state index in [-0.39, 0.29) is 18.7 Å². The Hall–Kier alpha value is -1.79. The van der Waals surface area contributed by atoms with Crippen LogP contribution in [0.2, 0.25) is 0 Å². The maximum atomic E-state index is 12.8. The lowest BCUT2D eigenvalue weighted by molar-refractivity contribution is -0.145. The Morgan fingerprint density at radius 2 is 2.00 bits per heavy atom. The Balaban J connectivity index is 2.86. The number of nitrogens with one attached hydrogen (secondary N) is 1. The van der Waals surface area contributed by atoms with Gasteiger partial charge >= 0.3 is 12.4 Å². The summed E-state index contributed by atoms with van der Waals surface area (Å²) in [4.78, 5) is 22.3. The van der Waals surface area contributed by atoms with Gasteiger partial charge in [-0.25, -0.2) is 9.18 Å². The van der Waals surface area contributed by atoms with Crippen LogP contribution in [0.3, 0.4) is 0 Å². The minimum absolute atomic E-state index is 0.0594. The van der Waals surface area contributed by atoms with Gasteiger partial charge in [-0.3, -0.25) is 4.79 Å². The van der Waals surface area contributed by atoms with Crippen LogP contribution in [0.15, 0.2) is 23.6 Å². The van der Waals surface area contributed by atoms with Crippen molar-refractivity contribution in [2.24, 2.45) is 0 Å². The van der Waals surface area contributed by atoms with Crippen LogP contribution in [-0.4, -0.2) is 31.5 Å². The average Bonchev–Trinajstić information content (AvgIpc) is 2.35. The Morgan fingerprint density at radius 3 is 2.44 bits per heavy atom. The molecule has 0 aromatic heterocycles. The van der Waals surface area contributed by atoms with E-state index in [4.69, 9.17) is 0 Å². The summed E-state index contributed by atoms with van der Waals surface area (Å²) in [7, 11) is 1.07. The summed E-state index contributed by atoms with van der Waals surface area (Å²) >= 11 is 0. The zero-order valence-electron chi connectivity index (χ0n) is 9.58. The van der Waals surface area contributed by atoms with Crippen molar-refractivity contribution >= 4 is 11.9 Å². The first-order valence-corrected chi connectivity index (χ1v) is 5.17. The molecule has 1 rings (SSSR count). The largest absolute Gasteiger partial charge is 0.467 e. The molecule has 18 heavy (non-hydrogen) atoms.